The van der Waals surface area contributed by atoms with Gasteiger partial charge in [-0.2, -0.15) is 0 Å². The van der Waals surface area contributed by atoms with Crippen molar-refractivity contribution in [3.63, 3.8) is 0 Å². The number of hydrogen-bond donors (Lipinski definition) is 11. The van der Waals surface area contributed by atoms with Crippen LogP contribution in [0.3, 0.4) is 0 Å². The first-order valence-corrected chi connectivity index (χ1v) is 9.86. The molecule has 2 unspecified atom stereocenters. The van der Waals surface area contributed by atoms with Crippen LogP contribution in [0.2, 0.25) is 0 Å². The van der Waals surface area contributed by atoms with E-state index in [2.05, 4.69) is 0 Å². The lowest BCUT2D eigenvalue weighted by Crippen LogP contribution is -2.84. The summed E-state index contributed by atoms with van der Waals surface area (Å²) in [5.41, 5.74) is -3.94. The smallest absolute Gasteiger partial charge is 0.320 e. The molecule has 1 aromatic carbocycles. The van der Waals surface area contributed by atoms with Crippen molar-refractivity contribution < 1.29 is 70.4 Å². The van der Waals surface area contributed by atoms with Crippen molar-refractivity contribution in [1.82, 2.24) is 4.90 Å². The van der Waals surface area contributed by atoms with Crippen LogP contribution in [0.5, 0.6) is 11.5 Å². The van der Waals surface area contributed by atoms with Crippen molar-refractivity contribution in [1.29, 1.82) is 0 Å². The first-order chi connectivity index (χ1) is 15.4. The molecule has 1 fully saturated rings. The molecular weight excluding hydrogens is 466 g/mol. The maximum Gasteiger partial charge on any atom is 0.320 e. The number of rotatable bonds is 6. The van der Waals surface area contributed by atoms with Crippen molar-refractivity contribution in [2.24, 2.45) is 5.92 Å². The monoisotopic (exact) mass is 493 g/mol. The summed E-state index contributed by atoms with van der Waals surface area (Å²) in [6.45, 7) is -0.233. The van der Waals surface area contributed by atoms with Crippen LogP contribution in [0.25, 0.3) is 0 Å². The Kier molecular flexibility index (Phi) is 6.28. The van der Waals surface area contributed by atoms with Crippen LogP contribution in [0.1, 0.15) is 23.6 Å². The number of fused-ring (bicyclic) bond motifs is 3. The molecule has 0 aromatic heterocycles. The lowest BCUT2D eigenvalue weighted by Gasteiger charge is -2.56. The Balaban J connectivity index is 2.13. The Morgan fingerprint density at radius 1 is 0.912 bits per heavy atom. The summed E-state index contributed by atoms with van der Waals surface area (Å²) in [6, 6.07) is 1.97. The molecule has 0 bridgehead atoms. The second-order valence-corrected chi connectivity index (χ2v) is 8.36. The van der Waals surface area contributed by atoms with Gasteiger partial charge in [-0.05, 0) is 29.7 Å². The number of nitrogens with zero attached hydrogens (tertiary/aromatic N) is 1. The summed E-state index contributed by atoms with van der Waals surface area (Å²) in [5.74, 6) is -21.9. The standard InChI is InChI=1S/C19H27NO14/c1-33-12-5-8-3-4-20-10(9(8)6-13(12)34-2)7-11(21)14(16(20,24)25)15(22,23)17(26,18(27,28)29)19(30,31)32/h5-6,10,14,22-32H,3-4,7H2,1-2H3. The van der Waals surface area contributed by atoms with Gasteiger partial charge < -0.3 is 65.6 Å². The van der Waals surface area contributed by atoms with Crippen molar-refractivity contribution in [3.8, 4) is 11.5 Å². The first kappa shape index (κ1) is 26.6. The number of carbonyl (C=O) groups excluding carboxylic acids is 1. The third-order valence-electron chi connectivity index (χ3n) is 6.44. The quantitative estimate of drug-likeness (QED) is 0.165. The van der Waals surface area contributed by atoms with Gasteiger partial charge in [0, 0.05) is 19.0 Å². The molecule has 11 N–H and O–H groups in total. The van der Waals surface area contributed by atoms with Gasteiger partial charge in [0.25, 0.3) is 5.60 Å². The SMILES string of the molecule is COc1cc2c(cc1OC)C1CC(=O)C(C(O)(O)C(O)(C(O)(O)O)C(O)(O)O)C(O)(O)N1CC2. The molecule has 34 heavy (non-hydrogen) atoms. The van der Waals surface area contributed by atoms with Crippen molar-refractivity contribution in [2.45, 2.75) is 48.1 Å². The van der Waals surface area contributed by atoms with Crippen LogP contribution in [-0.2, 0) is 11.2 Å². The highest BCUT2D eigenvalue weighted by molar-refractivity contribution is 5.85. The molecule has 0 radical (unpaired) electrons. The fraction of sp³-hybridized carbons (Fsp3) is 0.632. The van der Waals surface area contributed by atoms with Crippen LogP contribution < -0.4 is 9.47 Å². The molecule has 2 atom stereocenters. The van der Waals surface area contributed by atoms with E-state index in [4.69, 9.17) is 9.47 Å². The van der Waals surface area contributed by atoms with Gasteiger partial charge in [0.15, 0.2) is 11.5 Å². The Morgan fingerprint density at radius 3 is 1.88 bits per heavy atom. The molecular formula is C19H27NO14. The van der Waals surface area contributed by atoms with Crippen molar-refractivity contribution in [2.75, 3.05) is 20.8 Å². The largest absolute Gasteiger partial charge is 0.493 e. The number of hydrogen-bond acceptors (Lipinski definition) is 15. The zero-order valence-electron chi connectivity index (χ0n) is 18.0. The van der Waals surface area contributed by atoms with E-state index in [0.717, 1.165) is 4.90 Å². The van der Waals surface area contributed by atoms with Crippen LogP contribution in [-0.4, -0.2) is 117 Å². The summed E-state index contributed by atoms with van der Waals surface area (Å²) < 4.78 is 10.4. The average Bonchev–Trinajstić information content (AvgIpc) is 2.69. The summed E-state index contributed by atoms with van der Waals surface area (Å²) >= 11 is 0. The molecule has 2 heterocycles. The molecule has 0 spiro atoms. The van der Waals surface area contributed by atoms with Gasteiger partial charge in [-0.3, -0.25) is 4.79 Å². The van der Waals surface area contributed by atoms with Gasteiger partial charge in [0.1, 0.15) is 11.7 Å². The van der Waals surface area contributed by atoms with E-state index in [1.165, 1.54) is 20.3 Å². The van der Waals surface area contributed by atoms with Gasteiger partial charge >= 0.3 is 11.9 Å². The maximum absolute atomic E-state index is 13.0. The number of ether oxygens (including phenoxy) is 2. The molecule has 1 aromatic rings. The second-order valence-electron chi connectivity index (χ2n) is 8.36. The number of aliphatic hydroxyl groups is 11. The molecule has 1 saturated heterocycles. The molecule has 15 nitrogen and oxygen atoms in total. The van der Waals surface area contributed by atoms with E-state index >= 15 is 0 Å². The normalized spacial score (nSPS) is 23.9. The number of ketones is 1. The van der Waals surface area contributed by atoms with Crippen molar-refractivity contribution >= 4 is 5.78 Å². The van der Waals surface area contributed by atoms with E-state index in [1.807, 2.05) is 0 Å². The number of benzene rings is 1. The third-order valence-corrected chi connectivity index (χ3v) is 6.44. The van der Waals surface area contributed by atoms with Crippen LogP contribution in [0.4, 0.5) is 0 Å². The summed E-state index contributed by atoms with van der Waals surface area (Å²) in [5, 5.41) is 110. The van der Waals surface area contributed by atoms with Crippen LogP contribution in [0, 0.1) is 5.92 Å². The maximum atomic E-state index is 13.0. The van der Waals surface area contributed by atoms with E-state index in [1.54, 1.807) is 6.07 Å². The Bertz CT molecular complexity index is 949. The highest BCUT2D eigenvalue weighted by Crippen LogP contribution is 2.51. The number of piperidine rings is 1. The van der Waals surface area contributed by atoms with E-state index in [9.17, 15) is 61.0 Å². The summed E-state index contributed by atoms with van der Waals surface area (Å²) in [4.78, 5) is 13.8. The van der Waals surface area contributed by atoms with Gasteiger partial charge in [-0.15, -0.1) is 0 Å². The summed E-state index contributed by atoms with van der Waals surface area (Å²) in [7, 11) is 2.74. The first-order valence-electron chi connectivity index (χ1n) is 9.86. The van der Waals surface area contributed by atoms with Crippen molar-refractivity contribution in [3.05, 3.63) is 23.3 Å². The molecule has 192 valence electrons. The number of carbonyl (C=O) groups is 1. The minimum absolute atomic E-state index is 0.109. The van der Waals surface area contributed by atoms with Crippen LogP contribution in [0.15, 0.2) is 12.1 Å². The minimum atomic E-state index is -4.96. The predicted octanol–water partition coefficient (Wildman–Crippen LogP) is -5.50. The Hall–Kier alpha value is -1.99. The number of methoxy groups -OCH3 is 2. The molecule has 0 aliphatic carbocycles. The van der Waals surface area contributed by atoms with Gasteiger partial charge in [0.05, 0.1) is 14.2 Å². The fourth-order valence-corrected chi connectivity index (χ4v) is 4.75. The highest BCUT2D eigenvalue weighted by atomic mass is 16.8. The highest BCUT2D eigenvalue weighted by Gasteiger charge is 2.79. The molecule has 2 aliphatic rings. The topological polar surface area (TPSA) is 261 Å². The van der Waals surface area contributed by atoms with Gasteiger partial charge in [-0.1, -0.05) is 0 Å². The van der Waals surface area contributed by atoms with E-state index < -0.39 is 53.4 Å². The predicted molar refractivity (Wildman–Crippen MR) is 104 cm³/mol. The molecule has 0 saturated carbocycles. The number of Topliss-reactive ketones (excluding diaryl/α,β-unsaturated/α-hetero) is 1. The lowest BCUT2D eigenvalue weighted by atomic mass is 9.70. The summed E-state index contributed by atoms with van der Waals surface area (Å²) in [6.07, 6.45) is -0.586. The Labute approximate surface area is 191 Å². The van der Waals surface area contributed by atoms with Gasteiger partial charge in [-0.25, -0.2) is 4.90 Å². The molecule has 15 heteroatoms. The van der Waals surface area contributed by atoms with E-state index in [0.29, 0.717) is 16.9 Å². The molecule has 2 aliphatic heterocycles. The van der Waals surface area contributed by atoms with Gasteiger partial charge in [0.2, 0.25) is 11.7 Å². The van der Waals surface area contributed by atoms with Crippen LogP contribution >= 0.6 is 0 Å². The molecule has 3 rings (SSSR count). The van der Waals surface area contributed by atoms with E-state index in [-0.39, 0.29) is 18.7 Å². The second kappa shape index (κ2) is 8.02. The minimum Gasteiger partial charge on any atom is -0.493 e. The zero-order chi connectivity index (χ0) is 26.1. The fourth-order valence-electron chi connectivity index (χ4n) is 4.75. The molecule has 0 amide bonds. The average molecular weight is 493 g/mol. The Morgan fingerprint density at radius 2 is 1.41 bits per heavy atom. The lowest BCUT2D eigenvalue weighted by molar-refractivity contribution is -0.552. The zero-order valence-corrected chi connectivity index (χ0v) is 18.0. The third kappa shape index (κ3) is 3.58.